The van der Waals surface area contributed by atoms with Crippen LogP contribution in [0.1, 0.15) is 11.1 Å². The van der Waals surface area contributed by atoms with Crippen molar-refractivity contribution in [3.05, 3.63) is 63.7 Å². The number of hydrogen-bond donors (Lipinski definition) is 2. The third kappa shape index (κ3) is 3.70. The molecule has 0 saturated carbocycles. The lowest BCUT2D eigenvalue weighted by Crippen LogP contribution is -2.05. The molecule has 21 heavy (non-hydrogen) atoms. The van der Waals surface area contributed by atoms with E-state index in [2.05, 4.69) is 5.32 Å². The zero-order chi connectivity index (χ0) is 15.2. The monoisotopic (exact) mass is 282 g/mol. The summed E-state index contributed by atoms with van der Waals surface area (Å²) >= 11 is 0. The average Bonchev–Trinajstić information content (AvgIpc) is 2.49. The van der Waals surface area contributed by atoms with Crippen molar-refractivity contribution in [1.29, 1.82) is 5.26 Å². The molecule has 6 heteroatoms. The molecule has 0 aliphatic carbocycles. The van der Waals surface area contributed by atoms with Crippen LogP contribution < -0.4 is 11.1 Å². The molecule has 0 amide bonds. The Hall–Kier alpha value is -3.07. The number of nitro benzene ring substituents is 1. The Labute approximate surface area is 122 Å². The highest BCUT2D eigenvalue weighted by molar-refractivity contribution is 5.59. The molecule has 2 rings (SSSR count). The van der Waals surface area contributed by atoms with E-state index in [0.29, 0.717) is 12.2 Å². The highest BCUT2D eigenvalue weighted by atomic mass is 16.6. The highest BCUT2D eigenvalue weighted by Crippen LogP contribution is 2.22. The molecule has 0 radical (unpaired) electrons. The zero-order valence-electron chi connectivity index (χ0n) is 11.2. The van der Waals surface area contributed by atoms with Gasteiger partial charge < -0.3 is 11.1 Å². The first-order valence-electron chi connectivity index (χ1n) is 6.37. The molecule has 0 unspecified atom stereocenters. The Balaban J connectivity index is 2.00. The number of nitrogens with zero attached hydrogens (tertiary/aromatic N) is 2. The van der Waals surface area contributed by atoms with Gasteiger partial charge in [-0.25, -0.2) is 0 Å². The molecule has 0 aromatic heterocycles. The zero-order valence-corrected chi connectivity index (χ0v) is 11.2. The van der Waals surface area contributed by atoms with Gasteiger partial charge in [-0.05, 0) is 36.2 Å². The van der Waals surface area contributed by atoms with Gasteiger partial charge >= 0.3 is 0 Å². The van der Waals surface area contributed by atoms with Gasteiger partial charge in [-0.2, -0.15) is 5.26 Å². The number of nitrogen functional groups attached to an aromatic ring is 1. The highest BCUT2D eigenvalue weighted by Gasteiger charge is 2.13. The number of benzene rings is 2. The number of nitrogens with two attached hydrogens (primary N) is 1. The van der Waals surface area contributed by atoms with Crippen molar-refractivity contribution < 1.29 is 4.92 Å². The number of anilines is 2. The molecule has 6 nitrogen and oxygen atoms in total. The van der Waals surface area contributed by atoms with E-state index in [-0.39, 0.29) is 11.3 Å². The van der Waals surface area contributed by atoms with Crippen LogP contribution in [-0.2, 0) is 6.42 Å². The standard InChI is InChI=1S/C15H14N4O2/c16-10-12-3-6-14(9-15(12)19(20)21)18-8-7-11-1-4-13(17)5-2-11/h1-6,9,18H,7-8,17H2. The summed E-state index contributed by atoms with van der Waals surface area (Å²) in [5.74, 6) is 0. The topological polar surface area (TPSA) is 105 Å². The molecule has 0 bridgehead atoms. The van der Waals surface area contributed by atoms with E-state index in [4.69, 9.17) is 11.0 Å². The predicted octanol–water partition coefficient (Wildman–Crippen LogP) is 2.70. The van der Waals surface area contributed by atoms with Gasteiger partial charge in [-0.3, -0.25) is 10.1 Å². The van der Waals surface area contributed by atoms with Crippen LogP contribution in [0.15, 0.2) is 42.5 Å². The Morgan fingerprint density at radius 3 is 2.57 bits per heavy atom. The van der Waals surface area contributed by atoms with Crippen molar-refractivity contribution in [2.24, 2.45) is 0 Å². The van der Waals surface area contributed by atoms with Gasteiger partial charge in [0, 0.05) is 24.0 Å². The fraction of sp³-hybridized carbons (Fsp3) is 0.133. The van der Waals surface area contributed by atoms with Crippen LogP contribution in [0.3, 0.4) is 0 Å². The summed E-state index contributed by atoms with van der Waals surface area (Å²) in [5.41, 5.74) is 7.95. The van der Waals surface area contributed by atoms with Gasteiger partial charge in [-0.15, -0.1) is 0 Å². The van der Waals surface area contributed by atoms with Crippen molar-refractivity contribution in [3.63, 3.8) is 0 Å². The molecular formula is C15H14N4O2. The fourth-order valence-electron chi connectivity index (χ4n) is 1.92. The molecule has 2 aromatic rings. The van der Waals surface area contributed by atoms with Crippen molar-refractivity contribution in [1.82, 2.24) is 0 Å². The Morgan fingerprint density at radius 2 is 1.95 bits per heavy atom. The molecule has 0 aliphatic rings. The SMILES string of the molecule is N#Cc1ccc(NCCc2ccc(N)cc2)cc1[N+](=O)[O-]. The summed E-state index contributed by atoms with van der Waals surface area (Å²) < 4.78 is 0. The summed E-state index contributed by atoms with van der Waals surface area (Å²) in [7, 11) is 0. The number of nitro groups is 1. The average molecular weight is 282 g/mol. The van der Waals surface area contributed by atoms with Crippen molar-refractivity contribution >= 4 is 17.1 Å². The maximum atomic E-state index is 10.9. The molecule has 3 N–H and O–H groups in total. The van der Waals surface area contributed by atoms with Crippen LogP contribution in [0.25, 0.3) is 0 Å². The fourth-order valence-corrected chi connectivity index (χ4v) is 1.92. The summed E-state index contributed by atoms with van der Waals surface area (Å²) in [6, 6.07) is 13.9. The minimum atomic E-state index is -0.552. The second kappa shape index (κ2) is 6.39. The van der Waals surface area contributed by atoms with Crippen LogP contribution in [0, 0.1) is 21.4 Å². The third-order valence-electron chi connectivity index (χ3n) is 3.04. The second-order valence-electron chi connectivity index (χ2n) is 4.52. The number of nitriles is 1. The van der Waals surface area contributed by atoms with Crippen molar-refractivity contribution in [3.8, 4) is 6.07 Å². The third-order valence-corrected chi connectivity index (χ3v) is 3.04. The van der Waals surface area contributed by atoms with E-state index in [9.17, 15) is 10.1 Å². The van der Waals surface area contributed by atoms with E-state index >= 15 is 0 Å². The molecule has 2 aromatic carbocycles. The lowest BCUT2D eigenvalue weighted by Gasteiger charge is -2.07. The quantitative estimate of drug-likeness (QED) is 0.498. The smallest absolute Gasteiger partial charge is 0.289 e. The number of nitrogens with one attached hydrogen (secondary N) is 1. The van der Waals surface area contributed by atoms with E-state index < -0.39 is 4.92 Å². The maximum Gasteiger partial charge on any atom is 0.289 e. The lowest BCUT2D eigenvalue weighted by atomic mass is 10.1. The normalized spacial score (nSPS) is 9.86. The van der Waals surface area contributed by atoms with Crippen LogP contribution >= 0.6 is 0 Å². The largest absolute Gasteiger partial charge is 0.399 e. The van der Waals surface area contributed by atoms with Crippen LogP contribution in [-0.4, -0.2) is 11.5 Å². The van der Waals surface area contributed by atoms with Crippen LogP contribution in [0.2, 0.25) is 0 Å². The Bertz CT molecular complexity index is 690. The van der Waals surface area contributed by atoms with Crippen molar-refractivity contribution in [2.75, 3.05) is 17.6 Å². The van der Waals surface area contributed by atoms with Gasteiger partial charge in [0.2, 0.25) is 0 Å². The molecule has 0 aliphatic heterocycles. The summed E-state index contributed by atoms with van der Waals surface area (Å²) in [4.78, 5) is 10.3. The first kappa shape index (κ1) is 14.3. The van der Waals surface area contributed by atoms with Crippen LogP contribution in [0.5, 0.6) is 0 Å². The molecule has 0 saturated heterocycles. The summed E-state index contributed by atoms with van der Waals surface area (Å²) in [6.45, 7) is 0.632. The second-order valence-corrected chi connectivity index (χ2v) is 4.52. The minimum Gasteiger partial charge on any atom is -0.399 e. The predicted molar refractivity (Wildman–Crippen MR) is 80.9 cm³/mol. The van der Waals surface area contributed by atoms with E-state index in [1.807, 2.05) is 30.3 Å². The first-order valence-corrected chi connectivity index (χ1v) is 6.37. The summed E-state index contributed by atoms with van der Waals surface area (Å²) in [6.07, 6.45) is 0.772. The van der Waals surface area contributed by atoms with Crippen molar-refractivity contribution in [2.45, 2.75) is 6.42 Å². The molecule has 0 spiro atoms. The number of rotatable bonds is 5. The van der Waals surface area contributed by atoms with Gasteiger partial charge in [0.25, 0.3) is 5.69 Å². The summed E-state index contributed by atoms with van der Waals surface area (Å²) in [5, 5.41) is 22.8. The van der Waals surface area contributed by atoms with Crippen LogP contribution in [0.4, 0.5) is 17.1 Å². The Kier molecular flexibility index (Phi) is 4.36. The molecule has 106 valence electrons. The first-order chi connectivity index (χ1) is 10.1. The van der Waals surface area contributed by atoms with E-state index in [1.54, 1.807) is 6.07 Å². The molecular weight excluding hydrogens is 268 g/mol. The molecule has 0 atom stereocenters. The van der Waals surface area contributed by atoms with Gasteiger partial charge in [0.05, 0.1) is 4.92 Å². The number of hydrogen-bond acceptors (Lipinski definition) is 5. The van der Waals surface area contributed by atoms with E-state index in [1.165, 1.54) is 12.1 Å². The molecule has 0 fully saturated rings. The van der Waals surface area contributed by atoms with Gasteiger partial charge in [-0.1, -0.05) is 12.1 Å². The molecule has 0 heterocycles. The minimum absolute atomic E-state index is 0.0593. The Morgan fingerprint density at radius 1 is 1.24 bits per heavy atom. The lowest BCUT2D eigenvalue weighted by molar-refractivity contribution is -0.385. The maximum absolute atomic E-state index is 10.9. The van der Waals surface area contributed by atoms with Gasteiger partial charge in [0.15, 0.2) is 0 Å². The van der Waals surface area contributed by atoms with Gasteiger partial charge in [0.1, 0.15) is 11.6 Å². The van der Waals surface area contributed by atoms with E-state index in [0.717, 1.165) is 17.7 Å².